The largest absolute Gasteiger partial charge is 0.488 e. The number of ether oxygens (including phenoxy) is 1. The number of likely N-dealkylation sites (N-methyl/N-ethyl adjacent to an activating group) is 1. The van der Waals surface area contributed by atoms with Crippen LogP contribution in [-0.2, 0) is 0 Å². The van der Waals surface area contributed by atoms with Gasteiger partial charge in [0, 0.05) is 24.7 Å². The van der Waals surface area contributed by atoms with Gasteiger partial charge in [0.25, 0.3) is 5.69 Å². The summed E-state index contributed by atoms with van der Waals surface area (Å²) in [4.78, 5) is 12.5. The van der Waals surface area contributed by atoms with Gasteiger partial charge in [0.2, 0.25) is 0 Å². The number of non-ortho nitro benzene ring substituents is 1. The van der Waals surface area contributed by atoms with E-state index < -0.39 is 4.92 Å². The van der Waals surface area contributed by atoms with Gasteiger partial charge in [-0.1, -0.05) is 11.6 Å². The van der Waals surface area contributed by atoms with Crippen molar-refractivity contribution in [1.82, 2.24) is 4.90 Å². The minimum atomic E-state index is -0.459. The number of nitro groups is 1. The molecule has 0 aliphatic carbocycles. The van der Waals surface area contributed by atoms with Crippen LogP contribution in [0.2, 0.25) is 5.02 Å². The van der Waals surface area contributed by atoms with Crippen LogP contribution in [0.5, 0.6) is 5.75 Å². The summed E-state index contributed by atoms with van der Waals surface area (Å²) >= 11 is 5.98. The highest BCUT2D eigenvalue weighted by atomic mass is 35.5. The zero-order valence-electron chi connectivity index (χ0n) is 10.4. The number of nitrogens with zero attached hydrogens (tertiary/aromatic N) is 2. The first-order valence-corrected chi connectivity index (χ1v) is 6.15. The fourth-order valence-corrected chi connectivity index (χ4v) is 2.24. The first-order chi connectivity index (χ1) is 8.47. The van der Waals surface area contributed by atoms with E-state index in [0.717, 1.165) is 25.1 Å². The van der Waals surface area contributed by atoms with E-state index in [1.165, 1.54) is 12.1 Å². The van der Waals surface area contributed by atoms with E-state index in [1.54, 1.807) is 6.92 Å². The van der Waals surface area contributed by atoms with Gasteiger partial charge in [-0.2, -0.15) is 0 Å². The molecule has 2 rings (SSSR count). The summed E-state index contributed by atoms with van der Waals surface area (Å²) in [7, 11) is 2.02. The van der Waals surface area contributed by atoms with E-state index in [2.05, 4.69) is 4.90 Å². The van der Waals surface area contributed by atoms with Crippen LogP contribution in [0.1, 0.15) is 12.0 Å². The lowest BCUT2D eigenvalue weighted by Crippen LogP contribution is -2.21. The molecular weight excluding hydrogens is 256 g/mol. The van der Waals surface area contributed by atoms with E-state index in [0.29, 0.717) is 10.8 Å². The molecule has 1 aromatic rings. The molecule has 0 saturated carbocycles. The van der Waals surface area contributed by atoms with Crippen molar-refractivity contribution >= 4 is 17.3 Å². The van der Waals surface area contributed by atoms with Crippen molar-refractivity contribution in [2.24, 2.45) is 0 Å². The van der Waals surface area contributed by atoms with Gasteiger partial charge in [-0.3, -0.25) is 10.1 Å². The van der Waals surface area contributed by atoms with Crippen molar-refractivity contribution < 1.29 is 9.66 Å². The molecular formula is C12H15ClN2O3. The van der Waals surface area contributed by atoms with Gasteiger partial charge >= 0.3 is 0 Å². The number of benzene rings is 1. The van der Waals surface area contributed by atoms with Crippen molar-refractivity contribution in [2.75, 3.05) is 20.1 Å². The Kier molecular flexibility index (Phi) is 3.73. The van der Waals surface area contributed by atoms with Crippen LogP contribution in [0, 0.1) is 17.0 Å². The summed E-state index contributed by atoms with van der Waals surface area (Å²) in [6, 6.07) is 2.80. The molecule has 1 aliphatic rings. The number of nitro benzene ring substituents is 1. The second-order valence-electron chi connectivity index (χ2n) is 4.60. The third kappa shape index (κ3) is 2.73. The van der Waals surface area contributed by atoms with Gasteiger partial charge in [0.1, 0.15) is 11.9 Å². The van der Waals surface area contributed by atoms with Crippen molar-refractivity contribution in [3.8, 4) is 5.75 Å². The zero-order valence-corrected chi connectivity index (χ0v) is 11.1. The van der Waals surface area contributed by atoms with E-state index in [1.807, 2.05) is 7.05 Å². The van der Waals surface area contributed by atoms with Crippen LogP contribution in [0.3, 0.4) is 0 Å². The lowest BCUT2D eigenvalue weighted by molar-refractivity contribution is -0.384. The molecule has 0 bridgehead atoms. The molecule has 98 valence electrons. The first-order valence-electron chi connectivity index (χ1n) is 5.77. The topological polar surface area (TPSA) is 55.6 Å². The minimum absolute atomic E-state index is 0.0352. The smallest absolute Gasteiger partial charge is 0.274 e. The Morgan fingerprint density at radius 2 is 2.28 bits per heavy atom. The highest BCUT2D eigenvalue weighted by Gasteiger charge is 2.23. The van der Waals surface area contributed by atoms with Crippen molar-refractivity contribution in [2.45, 2.75) is 19.4 Å². The monoisotopic (exact) mass is 270 g/mol. The average molecular weight is 271 g/mol. The molecule has 1 heterocycles. The van der Waals surface area contributed by atoms with Gasteiger partial charge in [-0.15, -0.1) is 0 Å². The summed E-state index contributed by atoms with van der Waals surface area (Å²) in [5, 5.41) is 11.2. The molecule has 1 saturated heterocycles. The maximum absolute atomic E-state index is 10.8. The van der Waals surface area contributed by atoms with Gasteiger partial charge < -0.3 is 9.64 Å². The van der Waals surface area contributed by atoms with Crippen molar-refractivity contribution in [3.05, 3.63) is 32.8 Å². The minimum Gasteiger partial charge on any atom is -0.488 e. The van der Waals surface area contributed by atoms with Crippen LogP contribution in [0.15, 0.2) is 12.1 Å². The van der Waals surface area contributed by atoms with Crippen LogP contribution in [0.25, 0.3) is 0 Å². The predicted molar refractivity (Wildman–Crippen MR) is 69.4 cm³/mol. The lowest BCUT2D eigenvalue weighted by atomic mass is 10.2. The number of rotatable bonds is 3. The molecule has 1 aliphatic heterocycles. The van der Waals surface area contributed by atoms with E-state index in [9.17, 15) is 10.1 Å². The maximum atomic E-state index is 10.8. The predicted octanol–water partition coefficient (Wildman–Crippen LogP) is 2.64. The molecule has 0 N–H and O–H groups in total. The first kappa shape index (κ1) is 13.1. The third-order valence-electron chi connectivity index (χ3n) is 3.13. The maximum Gasteiger partial charge on any atom is 0.274 e. The Morgan fingerprint density at radius 3 is 2.83 bits per heavy atom. The summed E-state index contributed by atoms with van der Waals surface area (Å²) in [5.74, 6) is 0.509. The third-order valence-corrected chi connectivity index (χ3v) is 3.53. The highest BCUT2D eigenvalue weighted by Crippen LogP contribution is 2.32. The van der Waals surface area contributed by atoms with Gasteiger partial charge in [0.15, 0.2) is 0 Å². The zero-order chi connectivity index (χ0) is 13.3. The molecule has 0 radical (unpaired) electrons. The van der Waals surface area contributed by atoms with E-state index in [4.69, 9.17) is 16.3 Å². The van der Waals surface area contributed by atoms with E-state index in [-0.39, 0.29) is 11.8 Å². The second-order valence-corrected chi connectivity index (χ2v) is 5.01. The average Bonchev–Trinajstić information content (AvgIpc) is 2.70. The van der Waals surface area contributed by atoms with E-state index >= 15 is 0 Å². The Hall–Kier alpha value is -1.33. The molecule has 6 heteroatoms. The van der Waals surface area contributed by atoms with Crippen LogP contribution < -0.4 is 4.74 Å². The summed E-state index contributed by atoms with van der Waals surface area (Å²) in [5.41, 5.74) is 0.712. The molecule has 1 atom stereocenters. The number of halogens is 1. The molecule has 1 unspecified atom stereocenters. The van der Waals surface area contributed by atoms with Crippen molar-refractivity contribution in [1.29, 1.82) is 0 Å². The quantitative estimate of drug-likeness (QED) is 0.626. The van der Waals surface area contributed by atoms with Gasteiger partial charge in [-0.25, -0.2) is 0 Å². The van der Waals surface area contributed by atoms with Crippen LogP contribution >= 0.6 is 11.6 Å². The lowest BCUT2D eigenvalue weighted by Gasteiger charge is -2.16. The number of likely N-dealkylation sites (tertiary alicyclic amines) is 1. The molecule has 0 spiro atoms. The standard InChI is InChI=1S/C12H15ClN2O3/c1-8-11(13)5-9(15(16)17)6-12(8)18-10-3-4-14(2)7-10/h5-6,10H,3-4,7H2,1-2H3. The summed E-state index contributed by atoms with van der Waals surface area (Å²) < 4.78 is 5.82. The van der Waals surface area contributed by atoms with Crippen LogP contribution in [0.4, 0.5) is 5.69 Å². The van der Waals surface area contributed by atoms with Gasteiger partial charge in [0.05, 0.1) is 16.0 Å². The molecule has 5 nitrogen and oxygen atoms in total. The fraction of sp³-hybridized carbons (Fsp3) is 0.500. The summed E-state index contributed by atoms with van der Waals surface area (Å²) in [6.45, 7) is 3.62. The second kappa shape index (κ2) is 5.12. The van der Waals surface area contributed by atoms with Gasteiger partial charge in [-0.05, 0) is 20.4 Å². The normalized spacial score (nSPS) is 20.1. The molecule has 0 amide bonds. The highest BCUT2D eigenvalue weighted by molar-refractivity contribution is 6.31. The molecule has 0 aromatic heterocycles. The Morgan fingerprint density at radius 1 is 1.56 bits per heavy atom. The van der Waals surface area contributed by atoms with Crippen molar-refractivity contribution in [3.63, 3.8) is 0 Å². The molecule has 1 aromatic carbocycles. The number of hydrogen-bond donors (Lipinski definition) is 0. The molecule has 1 fully saturated rings. The number of hydrogen-bond acceptors (Lipinski definition) is 4. The Balaban J connectivity index is 2.23. The Labute approximate surface area is 110 Å². The van der Waals surface area contributed by atoms with Crippen LogP contribution in [-0.4, -0.2) is 36.1 Å². The Bertz CT molecular complexity index is 479. The summed E-state index contributed by atoms with van der Waals surface area (Å²) in [6.07, 6.45) is 1.00. The fourth-order valence-electron chi connectivity index (χ4n) is 2.04. The molecule has 18 heavy (non-hydrogen) atoms. The SMILES string of the molecule is Cc1c(Cl)cc([N+](=O)[O-])cc1OC1CCN(C)C1.